The van der Waals surface area contributed by atoms with Crippen LogP contribution >= 0.6 is 0 Å². The van der Waals surface area contributed by atoms with Crippen molar-refractivity contribution < 1.29 is 24.0 Å². The van der Waals surface area contributed by atoms with Crippen molar-refractivity contribution in [2.75, 3.05) is 0 Å². The van der Waals surface area contributed by atoms with Crippen LogP contribution in [-0.4, -0.2) is 33.8 Å². The first-order valence-corrected chi connectivity index (χ1v) is 10.1. The summed E-state index contributed by atoms with van der Waals surface area (Å²) in [5.74, 6) is -2.15. The molecule has 3 N–H and O–H groups in total. The van der Waals surface area contributed by atoms with Crippen molar-refractivity contribution in [3.63, 3.8) is 0 Å². The molecular weight excluding hydrogens is 398 g/mol. The summed E-state index contributed by atoms with van der Waals surface area (Å²) < 4.78 is 5.09. The summed E-state index contributed by atoms with van der Waals surface area (Å²) in [4.78, 5) is 41.1. The number of benzene rings is 1. The zero-order valence-corrected chi connectivity index (χ0v) is 18.2. The van der Waals surface area contributed by atoms with Gasteiger partial charge in [-0.25, -0.2) is 10.5 Å². The molecule has 0 fully saturated rings. The second kappa shape index (κ2) is 13.9. The van der Waals surface area contributed by atoms with Crippen molar-refractivity contribution in [2.45, 2.75) is 46.1 Å². The molecule has 2 rings (SSSR count). The van der Waals surface area contributed by atoms with Gasteiger partial charge in [0, 0.05) is 18.8 Å². The lowest BCUT2D eigenvalue weighted by Gasteiger charge is -2.22. The van der Waals surface area contributed by atoms with Crippen molar-refractivity contribution >= 4 is 17.6 Å². The van der Waals surface area contributed by atoms with Gasteiger partial charge in [-0.15, -0.1) is 6.58 Å². The van der Waals surface area contributed by atoms with Gasteiger partial charge in [0.1, 0.15) is 12.3 Å². The van der Waals surface area contributed by atoms with Gasteiger partial charge in [-0.1, -0.05) is 50.3 Å². The van der Waals surface area contributed by atoms with Crippen molar-refractivity contribution in [1.29, 1.82) is 0 Å². The second-order valence-electron chi connectivity index (χ2n) is 7.43. The minimum Gasteiger partial charge on any atom is -0.442 e. The van der Waals surface area contributed by atoms with Gasteiger partial charge in [-0.2, -0.15) is 0 Å². The first-order chi connectivity index (χ1) is 14.8. The summed E-state index contributed by atoms with van der Waals surface area (Å²) in [6, 6.07) is 8.37. The number of allylic oxidation sites excluding steroid dienone is 1. The number of rotatable bonds is 10. The number of ketones is 1. The molecule has 1 aromatic heterocycles. The maximum absolute atomic E-state index is 12.8. The van der Waals surface area contributed by atoms with E-state index in [4.69, 9.17) is 9.62 Å². The number of carbonyl (C=O) groups excluding carboxylic acids is 3. The molecule has 31 heavy (non-hydrogen) atoms. The topological polar surface area (TPSA) is 122 Å². The fraction of sp³-hybridized carbons (Fsp3) is 0.391. The first kappa shape index (κ1) is 25.8. The number of aromatic nitrogens is 1. The molecule has 2 amide bonds. The molecule has 1 heterocycles. The van der Waals surface area contributed by atoms with E-state index in [1.54, 1.807) is 11.6 Å². The molecule has 2 atom stereocenters. The van der Waals surface area contributed by atoms with Crippen LogP contribution in [0.4, 0.5) is 0 Å². The normalized spacial score (nSPS) is 12.2. The molecule has 8 heteroatoms. The number of Topliss-reactive ketones (excluding diaryl/α,β-unsaturated/α-hetero) is 1. The average molecular weight is 430 g/mol. The predicted molar refractivity (Wildman–Crippen MR) is 116 cm³/mol. The number of hydrogen-bond acceptors (Lipinski definition) is 6. The Labute approximate surface area is 182 Å². The van der Waals surface area contributed by atoms with E-state index in [2.05, 4.69) is 16.9 Å². The van der Waals surface area contributed by atoms with E-state index in [1.165, 1.54) is 12.5 Å². The van der Waals surface area contributed by atoms with Crippen LogP contribution in [0.25, 0.3) is 0 Å². The van der Waals surface area contributed by atoms with E-state index in [0.29, 0.717) is 6.42 Å². The third kappa shape index (κ3) is 9.39. The Hall–Kier alpha value is -3.26. The predicted octanol–water partition coefficient (Wildman–Crippen LogP) is 3.33. The molecule has 1 unspecified atom stereocenters. The van der Waals surface area contributed by atoms with Gasteiger partial charge in [-0.3, -0.25) is 19.6 Å². The van der Waals surface area contributed by atoms with Gasteiger partial charge in [0.2, 0.25) is 17.6 Å². The van der Waals surface area contributed by atoms with Crippen molar-refractivity contribution in [1.82, 2.24) is 15.8 Å². The van der Waals surface area contributed by atoms with Crippen LogP contribution in [-0.2, 0) is 16.0 Å². The lowest BCUT2D eigenvalue weighted by atomic mass is 9.92. The first-order valence-electron chi connectivity index (χ1n) is 10.1. The molecular formula is C23H31N3O5. The monoisotopic (exact) mass is 429 g/mol. The Bertz CT molecular complexity index is 819. The number of hydrogen-bond donors (Lipinski definition) is 3. The van der Waals surface area contributed by atoms with Gasteiger partial charge >= 0.3 is 0 Å². The Morgan fingerprint density at radius 2 is 1.87 bits per heavy atom. The number of carbonyl (C=O) groups is 3. The standard InChI is InChI=1S/C20H25N3O5.C3H6/c1-13(2)10-15(12-17(24)23-27)19(26)22-16(11-14-6-4-3-5-7-14)18(25)20-21-8-9-28-20;1-3-2/h3-9,13,15-16,27H,10-12H2,1-2H3,(H,22,26)(H,23,24);3H,1H2,2H3/t15-,16?;/m1./s1. The summed E-state index contributed by atoms with van der Waals surface area (Å²) in [5.41, 5.74) is 2.41. The number of oxazole rings is 1. The van der Waals surface area contributed by atoms with E-state index < -0.39 is 29.6 Å². The van der Waals surface area contributed by atoms with Gasteiger partial charge in [0.25, 0.3) is 5.89 Å². The third-order valence-electron chi connectivity index (χ3n) is 4.24. The van der Waals surface area contributed by atoms with Crippen LogP contribution in [0, 0.1) is 11.8 Å². The maximum atomic E-state index is 12.8. The summed E-state index contributed by atoms with van der Waals surface area (Å²) in [5, 5.41) is 11.5. The smallest absolute Gasteiger partial charge is 0.265 e. The molecule has 2 aromatic rings. The SMILES string of the molecule is C=CC.CC(C)C[C@H](CC(=O)NO)C(=O)NC(Cc1ccccc1)C(=O)c1ncco1. The van der Waals surface area contributed by atoms with E-state index >= 15 is 0 Å². The minimum atomic E-state index is -0.889. The van der Waals surface area contributed by atoms with Crippen molar-refractivity contribution in [3.8, 4) is 0 Å². The average Bonchev–Trinajstić information content (AvgIpc) is 3.28. The Morgan fingerprint density at radius 1 is 1.23 bits per heavy atom. The maximum Gasteiger partial charge on any atom is 0.265 e. The van der Waals surface area contributed by atoms with Crippen molar-refractivity contribution in [3.05, 3.63) is 66.9 Å². The van der Waals surface area contributed by atoms with Gasteiger partial charge in [-0.05, 0) is 24.8 Å². The lowest BCUT2D eigenvalue weighted by molar-refractivity contribution is -0.135. The van der Waals surface area contributed by atoms with Crippen LogP contribution in [0.5, 0.6) is 0 Å². The highest BCUT2D eigenvalue weighted by atomic mass is 16.5. The molecule has 0 radical (unpaired) electrons. The summed E-state index contributed by atoms with van der Waals surface area (Å²) in [6.07, 6.45) is 4.92. The van der Waals surface area contributed by atoms with Crippen LogP contribution < -0.4 is 10.8 Å². The van der Waals surface area contributed by atoms with Crippen LogP contribution in [0.15, 0.2) is 59.9 Å². The molecule has 8 nitrogen and oxygen atoms in total. The Morgan fingerprint density at radius 3 is 2.39 bits per heavy atom. The van der Waals surface area contributed by atoms with Crippen LogP contribution in [0.2, 0.25) is 0 Å². The van der Waals surface area contributed by atoms with Crippen molar-refractivity contribution in [2.24, 2.45) is 11.8 Å². The summed E-state index contributed by atoms with van der Waals surface area (Å²) in [7, 11) is 0. The van der Waals surface area contributed by atoms with Crippen LogP contribution in [0.3, 0.4) is 0 Å². The van der Waals surface area contributed by atoms with Crippen LogP contribution in [0.1, 0.15) is 49.9 Å². The highest BCUT2D eigenvalue weighted by molar-refractivity contribution is 5.99. The number of nitrogens with zero attached hydrogens (tertiary/aromatic N) is 1. The highest BCUT2D eigenvalue weighted by Gasteiger charge is 2.30. The summed E-state index contributed by atoms with van der Waals surface area (Å²) >= 11 is 0. The zero-order valence-electron chi connectivity index (χ0n) is 18.2. The molecule has 0 bridgehead atoms. The molecule has 0 aliphatic carbocycles. The molecule has 0 saturated heterocycles. The van der Waals surface area contributed by atoms with Gasteiger partial charge < -0.3 is 9.73 Å². The molecule has 0 aliphatic heterocycles. The fourth-order valence-electron chi connectivity index (χ4n) is 2.96. The number of nitrogens with one attached hydrogen (secondary N) is 2. The minimum absolute atomic E-state index is 0.0882. The van der Waals surface area contributed by atoms with E-state index in [-0.39, 0.29) is 24.7 Å². The number of amides is 2. The largest absolute Gasteiger partial charge is 0.442 e. The number of hydroxylamine groups is 1. The molecule has 1 aromatic carbocycles. The summed E-state index contributed by atoms with van der Waals surface area (Å²) in [6.45, 7) is 9.10. The van der Waals surface area contributed by atoms with E-state index in [1.807, 2.05) is 51.1 Å². The fourth-order valence-corrected chi connectivity index (χ4v) is 2.96. The second-order valence-corrected chi connectivity index (χ2v) is 7.43. The lowest BCUT2D eigenvalue weighted by Crippen LogP contribution is -2.46. The molecule has 0 aliphatic rings. The molecule has 0 spiro atoms. The van der Waals surface area contributed by atoms with E-state index in [0.717, 1.165) is 5.56 Å². The quantitative estimate of drug-likeness (QED) is 0.230. The van der Waals surface area contributed by atoms with Gasteiger partial charge in [0.15, 0.2) is 0 Å². The van der Waals surface area contributed by atoms with E-state index in [9.17, 15) is 14.4 Å². The Balaban J connectivity index is 0.00000151. The highest BCUT2D eigenvalue weighted by Crippen LogP contribution is 2.17. The third-order valence-corrected chi connectivity index (χ3v) is 4.24. The molecule has 168 valence electrons. The zero-order chi connectivity index (χ0) is 23.2. The molecule has 0 saturated carbocycles. The van der Waals surface area contributed by atoms with Gasteiger partial charge in [0.05, 0.1) is 6.20 Å². The Kier molecular flexibility index (Phi) is 11.5.